The normalized spacial score (nSPS) is 10.6. The molecule has 0 saturated heterocycles. The van der Waals surface area contributed by atoms with Crippen LogP contribution in [-0.2, 0) is 4.79 Å². The first-order valence-corrected chi connectivity index (χ1v) is 7.74. The van der Waals surface area contributed by atoms with Crippen LogP contribution in [-0.4, -0.2) is 27.4 Å². The third-order valence-electron chi connectivity index (χ3n) is 2.24. The number of thioether (sulfide) groups is 2. The molecular formula is C13H11F2N3OS2. The van der Waals surface area contributed by atoms with Crippen LogP contribution in [0, 0.1) is 0 Å². The highest BCUT2D eigenvalue weighted by Crippen LogP contribution is 2.26. The van der Waals surface area contributed by atoms with Gasteiger partial charge in [-0.2, -0.15) is 8.78 Å². The first-order chi connectivity index (χ1) is 10.1. The van der Waals surface area contributed by atoms with Crippen molar-refractivity contribution in [3.05, 3.63) is 42.7 Å². The summed E-state index contributed by atoms with van der Waals surface area (Å²) in [5, 5.41) is 3.20. The molecule has 0 spiro atoms. The molecule has 0 bridgehead atoms. The van der Waals surface area contributed by atoms with Gasteiger partial charge in [0.2, 0.25) is 5.91 Å². The van der Waals surface area contributed by atoms with Gasteiger partial charge in [-0.05, 0) is 30.3 Å². The Balaban J connectivity index is 1.82. The Bertz CT molecular complexity index is 582. The molecule has 0 saturated carbocycles. The van der Waals surface area contributed by atoms with Crippen molar-refractivity contribution in [3.8, 4) is 0 Å². The van der Waals surface area contributed by atoms with E-state index in [1.807, 2.05) is 0 Å². The fourth-order valence-electron chi connectivity index (χ4n) is 1.41. The molecule has 2 rings (SSSR count). The molecule has 0 atom stereocenters. The fourth-order valence-corrected chi connectivity index (χ4v) is 2.51. The lowest BCUT2D eigenvalue weighted by atomic mass is 10.3. The Kier molecular flexibility index (Phi) is 5.94. The summed E-state index contributed by atoms with van der Waals surface area (Å²) in [5.41, 5.74) is 0.563. The average Bonchev–Trinajstić information content (AvgIpc) is 2.48. The van der Waals surface area contributed by atoms with E-state index in [0.29, 0.717) is 27.5 Å². The molecule has 1 aromatic carbocycles. The van der Waals surface area contributed by atoms with Crippen LogP contribution < -0.4 is 5.32 Å². The van der Waals surface area contributed by atoms with Crippen LogP contribution in [0.15, 0.2) is 52.8 Å². The molecule has 1 aromatic heterocycles. The third kappa shape index (κ3) is 5.68. The minimum atomic E-state index is -2.45. The number of halogens is 2. The zero-order valence-corrected chi connectivity index (χ0v) is 12.3. The molecule has 0 unspecified atom stereocenters. The van der Waals surface area contributed by atoms with E-state index in [2.05, 4.69) is 15.3 Å². The van der Waals surface area contributed by atoms with Crippen LogP contribution in [0.1, 0.15) is 0 Å². The predicted octanol–water partition coefficient (Wildman–Crippen LogP) is 3.52. The van der Waals surface area contributed by atoms with Crippen molar-refractivity contribution in [2.45, 2.75) is 15.8 Å². The Labute approximate surface area is 128 Å². The first kappa shape index (κ1) is 15.7. The minimum Gasteiger partial charge on any atom is -0.325 e. The van der Waals surface area contributed by atoms with Gasteiger partial charge in [0.15, 0.2) is 5.16 Å². The molecule has 1 N–H and O–H groups in total. The number of hydrogen-bond donors (Lipinski definition) is 1. The van der Waals surface area contributed by atoms with Crippen molar-refractivity contribution < 1.29 is 13.6 Å². The number of carbonyl (C=O) groups is 1. The molecule has 1 amide bonds. The van der Waals surface area contributed by atoms with Crippen LogP contribution in [0.4, 0.5) is 14.5 Å². The molecule has 110 valence electrons. The van der Waals surface area contributed by atoms with Gasteiger partial charge >= 0.3 is 0 Å². The number of nitrogens with one attached hydrogen (secondary N) is 1. The molecule has 0 aliphatic rings. The molecule has 0 aliphatic carbocycles. The van der Waals surface area contributed by atoms with Crippen molar-refractivity contribution >= 4 is 35.1 Å². The Morgan fingerprint density at radius 3 is 2.48 bits per heavy atom. The van der Waals surface area contributed by atoms with Gasteiger partial charge in [-0.3, -0.25) is 4.79 Å². The van der Waals surface area contributed by atoms with Crippen molar-refractivity contribution in [1.82, 2.24) is 9.97 Å². The van der Waals surface area contributed by atoms with E-state index in [-0.39, 0.29) is 11.7 Å². The summed E-state index contributed by atoms with van der Waals surface area (Å²) in [5.74, 6) is -2.48. The van der Waals surface area contributed by atoms with Crippen LogP contribution in [0.25, 0.3) is 0 Å². The second-order valence-electron chi connectivity index (χ2n) is 3.77. The summed E-state index contributed by atoms with van der Waals surface area (Å²) in [4.78, 5) is 20.2. The van der Waals surface area contributed by atoms with Crippen molar-refractivity contribution in [2.24, 2.45) is 0 Å². The first-order valence-electron chi connectivity index (χ1n) is 5.88. The number of nitrogens with zero attached hydrogens (tertiary/aromatic N) is 2. The van der Waals surface area contributed by atoms with E-state index in [0.717, 1.165) is 0 Å². The molecule has 0 fully saturated rings. The highest BCUT2D eigenvalue weighted by molar-refractivity contribution is 8.00. The minimum absolute atomic E-state index is 0.178. The second-order valence-corrected chi connectivity index (χ2v) is 5.78. The molecule has 4 nitrogen and oxygen atoms in total. The molecular weight excluding hydrogens is 316 g/mol. The second kappa shape index (κ2) is 7.94. The van der Waals surface area contributed by atoms with Crippen molar-refractivity contribution in [2.75, 3.05) is 11.1 Å². The number of amides is 1. The summed E-state index contributed by atoms with van der Waals surface area (Å²) >= 11 is 1.69. The maximum Gasteiger partial charge on any atom is 0.288 e. The van der Waals surface area contributed by atoms with E-state index < -0.39 is 5.76 Å². The van der Waals surface area contributed by atoms with Crippen LogP contribution in [0.2, 0.25) is 0 Å². The number of hydrogen-bond acceptors (Lipinski definition) is 5. The highest BCUT2D eigenvalue weighted by Gasteiger charge is 2.07. The maximum absolute atomic E-state index is 12.2. The van der Waals surface area contributed by atoms with E-state index in [1.165, 1.54) is 11.8 Å². The van der Waals surface area contributed by atoms with E-state index in [4.69, 9.17) is 0 Å². The zero-order chi connectivity index (χ0) is 15.1. The SMILES string of the molecule is O=C(CSc1ncccn1)Nc1ccc(SC(F)F)cc1. The van der Waals surface area contributed by atoms with E-state index in [1.54, 1.807) is 42.7 Å². The summed E-state index contributed by atoms with van der Waals surface area (Å²) in [6, 6.07) is 7.96. The number of aromatic nitrogens is 2. The number of anilines is 1. The standard InChI is InChI=1S/C13H11F2N3OS2/c14-12(15)21-10-4-2-9(3-5-10)18-11(19)8-20-13-16-6-1-7-17-13/h1-7,12H,8H2,(H,18,19). The molecule has 2 aromatic rings. The van der Waals surface area contributed by atoms with Crippen LogP contribution >= 0.6 is 23.5 Å². The number of benzene rings is 1. The molecule has 0 aliphatic heterocycles. The zero-order valence-electron chi connectivity index (χ0n) is 10.7. The lowest BCUT2D eigenvalue weighted by Gasteiger charge is -2.06. The van der Waals surface area contributed by atoms with Gasteiger partial charge in [-0.25, -0.2) is 9.97 Å². The highest BCUT2D eigenvalue weighted by atomic mass is 32.2. The summed E-state index contributed by atoms with van der Waals surface area (Å²) < 4.78 is 24.3. The quantitative estimate of drug-likeness (QED) is 0.650. The third-order valence-corrected chi connectivity index (χ3v) is 3.84. The number of carbonyl (C=O) groups excluding carboxylic acids is 1. The monoisotopic (exact) mass is 327 g/mol. The Morgan fingerprint density at radius 2 is 1.86 bits per heavy atom. The topological polar surface area (TPSA) is 54.9 Å². The lowest BCUT2D eigenvalue weighted by Crippen LogP contribution is -2.14. The van der Waals surface area contributed by atoms with Crippen molar-refractivity contribution in [3.63, 3.8) is 0 Å². The Hall–Kier alpha value is -1.67. The fraction of sp³-hybridized carbons (Fsp3) is 0.154. The summed E-state index contributed by atoms with van der Waals surface area (Å²) in [6.07, 6.45) is 3.21. The van der Waals surface area contributed by atoms with Gasteiger partial charge in [0.05, 0.1) is 5.75 Å². The van der Waals surface area contributed by atoms with Gasteiger partial charge in [0.25, 0.3) is 5.76 Å². The average molecular weight is 327 g/mol. The molecule has 1 heterocycles. The van der Waals surface area contributed by atoms with Gasteiger partial charge < -0.3 is 5.32 Å². The van der Waals surface area contributed by atoms with Gasteiger partial charge in [0.1, 0.15) is 0 Å². The largest absolute Gasteiger partial charge is 0.325 e. The lowest BCUT2D eigenvalue weighted by molar-refractivity contribution is -0.113. The van der Waals surface area contributed by atoms with E-state index in [9.17, 15) is 13.6 Å². The smallest absolute Gasteiger partial charge is 0.288 e. The molecule has 21 heavy (non-hydrogen) atoms. The Morgan fingerprint density at radius 1 is 1.19 bits per heavy atom. The van der Waals surface area contributed by atoms with Gasteiger partial charge in [-0.15, -0.1) is 0 Å². The van der Waals surface area contributed by atoms with Crippen molar-refractivity contribution in [1.29, 1.82) is 0 Å². The van der Waals surface area contributed by atoms with E-state index >= 15 is 0 Å². The van der Waals surface area contributed by atoms with Gasteiger partial charge in [-0.1, -0.05) is 23.5 Å². The molecule has 8 heteroatoms. The van der Waals surface area contributed by atoms with Crippen LogP contribution in [0.5, 0.6) is 0 Å². The summed E-state index contributed by atoms with van der Waals surface area (Å²) in [7, 11) is 0. The van der Waals surface area contributed by atoms with Gasteiger partial charge in [0, 0.05) is 23.0 Å². The summed E-state index contributed by atoms with van der Waals surface area (Å²) in [6.45, 7) is 0. The number of rotatable bonds is 6. The van der Waals surface area contributed by atoms with Crippen LogP contribution in [0.3, 0.4) is 0 Å². The predicted molar refractivity (Wildman–Crippen MR) is 79.7 cm³/mol. The molecule has 0 radical (unpaired) electrons. The number of alkyl halides is 2. The maximum atomic E-state index is 12.2.